The van der Waals surface area contributed by atoms with E-state index in [-0.39, 0.29) is 6.04 Å². The molecule has 1 N–H and O–H groups in total. The van der Waals surface area contributed by atoms with Crippen molar-refractivity contribution in [2.75, 3.05) is 11.9 Å². The first-order valence-corrected chi connectivity index (χ1v) is 8.34. The Morgan fingerprint density at radius 1 is 1.35 bits per heavy atom. The molecule has 0 spiro atoms. The molecule has 104 valence electrons. The van der Waals surface area contributed by atoms with Gasteiger partial charge in [0.25, 0.3) is 0 Å². The minimum atomic E-state index is 0.271. The number of fused-ring (bicyclic) bond motifs is 1. The van der Waals surface area contributed by atoms with Crippen LogP contribution >= 0.6 is 22.7 Å². The summed E-state index contributed by atoms with van der Waals surface area (Å²) in [4.78, 5) is 4.62. The van der Waals surface area contributed by atoms with Crippen LogP contribution < -0.4 is 10.1 Å². The molecule has 0 aliphatic heterocycles. The van der Waals surface area contributed by atoms with Gasteiger partial charge in [0.15, 0.2) is 5.13 Å². The van der Waals surface area contributed by atoms with E-state index < -0.39 is 0 Å². The molecule has 3 rings (SSSR count). The second kappa shape index (κ2) is 5.81. The highest BCUT2D eigenvalue weighted by Gasteiger charge is 2.10. The largest absolute Gasteiger partial charge is 0.494 e. The fraction of sp³-hybridized carbons (Fsp3) is 0.267. The molecule has 0 radical (unpaired) electrons. The van der Waals surface area contributed by atoms with E-state index in [2.05, 4.69) is 40.1 Å². The summed E-state index contributed by atoms with van der Waals surface area (Å²) in [6, 6.07) is 8.45. The standard InChI is InChI=1S/C15H16N2OS2/c1-3-18-12-4-5-13-14(8-12)20-15(17-13)16-10(2)11-6-7-19-9-11/h4-10H,3H2,1-2H3,(H,16,17). The number of ether oxygens (including phenoxy) is 1. The van der Waals surface area contributed by atoms with Gasteiger partial charge in [-0.15, -0.1) is 0 Å². The van der Waals surface area contributed by atoms with Crippen LogP contribution in [0.25, 0.3) is 10.2 Å². The molecule has 1 aromatic carbocycles. The van der Waals surface area contributed by atoms with Crippen molar-refractivity contribution >= 4 is 38.0 Å². The van der Waals surface area contributed by atoms with Crippen LogP contribution in [0, 0.1) is 0 Å². The Labute approximate surface area is 126 Å². The summed E-state index contributed by atoms with van der Waals surface area (Å²) in [5, 5.41) is 8.67. The molecular formula is C15H16N2OS2. The Morgan fingerprint density at radius 2 is 2.25 bits per heavy atom. The smallest absolute Gasteiger partial charge is 0.184 e. The van der Waals surface area contributed by atoms with E-state index >= 15 is 0 Å². The van der Waals surface area contributed by atoms with Crippen LogP contribution in [0.4, 0.5) is 5.13 Å². The van der Waals surface area contributed by atoms with Crippen LogP contribution in [0.3, 0.4) is 0 Å². The van der Waals surface area contributed by atoms with Crippen molar-refractivity contribution in [1.82, 2.24) is 4.98 Å². The number of nitrogens with zero attached hydrogens (tertiary/aromatic N) is 1. The van der Waals surface area contributed by atoms with Gasteiger partial charge in [0.1, 0.15) is 5.75 Å². The maximum atomic E-state index is 5.52. The van der Waals surface area contributed by atoms with Crippen LogP contribution in [-0.4, -0.2) is 11.6 Å². The van der Waals surface area contributed by atoms with Gasteiger partial charge in [-0.05, 0) is 54.4 Å². The molecule has 1 atom stereocenters. The molecule has 5 heteroatoms. The van der Waals surface area contributed by atoms with Crippen molar-refractivity contribution in [3.63, 3.8) is 0 Å². The van der Waals surface area contributed by atoms with E-state index in [1.807, 2.05) is 19.1 Å². The summed E-state index contributed by atoms with van der Waals surface area (Å²) in [6.07, 6.45) is 0. The molecule has 1 unspecified atom stereocenters. The number of thiophene rings is 1. The predicted octanol–water partition coefficient (Wildman–Crippen LogP) is 4.93. The quantitative estimate of drug-likeness (QED) is 0.725. The van der Waals surface area contributed by atoms with Crippen molar-refractivity contribution in [2.45, 2.75) is 19.9 Å². The average molecular weight is 304 g/mol. The molecular weight excluding hydrogens is 288 g/mol. The molecule has 0 aliphatic carbocycles. The third-order valence-electron chi connectivity index (χ3n) is 3.05. The first-order chi connectivity index (χ1) is 9.76. The van der Waals surface area contributed by atoms with Crippen molar-refractivity contribution in [3.8, 4) is 5.75 Å². The third kappa shape index (κ3) is 2.78. The number of nitrogens with one attached hydrogen (secondary N) is 1. The van der Waals surface area contributed by atoms with Crippen molar-refractivity contribution < 1.29 is 4.74 Å². The fourth-order valence-electron chi connectivity index (χ4n) is 2.01. The summed E-state index contributed by atoms with van der Waals surface area (Å²) in [5.41, 5.74) is 2.31. The minimum Gasteiger partial charge on any atom is -0.494 e. The second-order valence-corrected chi connectivity index (χ2v) is 6.31. The Bertz CT molecular complexity index is 691. The molecule has 0 amide bonds. The number of hydrogen-bond donors (Lipinski definition) is 1. The normalized spacial score (nSPS) is 12.5. The number of rotatable bonds is 5. The fourth-order valence-corrected chi connectivity index (χ4v) is 3.75. The zero-order chi connectivity index (χ0) is 13.9. The first kappa shape index (κ1) is 13.4. The molecule has 0 fully saturated rings. The van der Waals surface area contributed by atoms with E-state index in [4.69, 9.17) is 4.74 Å². The third-order valence-corrected chi connectivity index (χ3v) is 4.70. The Morgan fingerprint density at radius 3 is 3.00 bits per heavy atom. The number of thiazole rings is 1. The predicted molar refractivity (Wildman–Crippen MR) is 87.1 cm³/mol. The molecule has 0 aliphatic rings. The molecule has 0 saturated carbocycles. The van der Waals surface area contributed by atoms with Crippen molar-refractivity contribution in [1.29, 1.82) is 0 Å². The van der Waals surface area contributed by atoms with Gasteiger partial charge in [-0.2, -0.15) is 11.3 Å². The van der Waals surface area contributed by atoms with Gasteiger partial charge in [-0.1, -0.05) is 11.3 Å². The second-order valence-electron chi connectivity index (χ2n) is 4.50. The molecule has 2 aromatic heterocycles. The SMILES string of the molecule is CCOc1ccc2nc(NC(C)c3ccsc3)sc2c1. The monoisotopic (exact) mass is 304 g/mol. The molecule has 20 heavy (non-hydrogen) atoms. The number of benzene rings is 1. The van der Waals surface area contributed by atoms with Crippen LogP contribution in [-0.2, 0) is 0 Å². The van der Waals surface area contributed by atoms with Crippen molar-refractivity contribution in [2.24, 2.45) is 0 Å². The number of aromatic nitrogens is 1. The van der Waals surface area contributed by atoms with Gasteiger partial charge in [0.05, 0.1) is 22.9 Å². The van der Waals surface area contributed by atoms with Crippen LogP contribution in [0.1, 0.15) is 25.5 Å². The molecule has 3 nitrogen and oxygen atoms in total. The van der Waals surface area contributed by atoms with Gasteiger partial charge < -0.3 is 10.1 Å². The van der Waals surface area contributed by atoms with Crippen LogP contribution in [0.5, 0.6) is 5.75 Å². The topological polar surface area (TPSA) is 34.1 Å². The molecule has 3 aromatic rings. The maximum Gasteiger partial charge on any atom is 0.184 e. The average Bonchev–Trinajstić information content (AvgIpc) is 3.06. The lowest BCUT2D eigenvalue weighted by Crippen LogP contribution is -2.04. The van der Waals surface area contributed by atoms with Gasteiger partial charge in [-0.25, -0.2) is 4.98 Å². The Hall–Kier alpha value is -1.59. The van der Waals surface area contributed by atoms with Gasteiger partial charge >= 0.3 is 0 Å². The summed E-state index contributed by atoms with van der Waals surface area (Å²) in [7, 11) is 0. The van der Waals surface area contributed by atoms with E-state index in [0.29, 0.717) is 6.61 Å². The summed E-state index contributed by atoms with van der Waals surface area (Å²) >= 11 is 3.38. The van der Waals surface area contributed by atoms with E-state index in [1.165, 1.54) is 5.56 Å². The van der Waals surface area contributed by atoms with Gasteiger partial charge in [-0.3, -0.25) is 0 Å². The van der Waals surface area contributed by atoms with Gasteiger partial charge in [0.2, 0.25) is 0 Å². The molecule has 0 bridgehead atoms. The highest BCUT2D eigenvalue weighted by molar-refractivity contribution is 7.22. The Kier molecular flexibility index (Phi) is 3.89. The lowest BCUT2D eigenvalue weighted by molar-refractivity contribution is 0.341. The van der Waals surface area contributed by atoms with E-state index in [1.54, 1.807) is 22.7 Å². The summed E-state index contributed by atoms with van der Waals surface area (Å²) < 4.78 is 6.67. The van der Waals surface area contributed by atoms with Gasteiger partial charge in [0, 0.05) is 0 Å². The van der Waals surface area contributed by atoms with E-state index in [0.717, 1.165) is 21.1 Å². The highest BCUT2D eigenvalue weighted by atomic mass is 32.1. The Balaban J connectivity index is 1.82. The first-order valence-electron chi connectivity index (χ1n) is 6.58. The highest BCUT2D eigenvalue weighted by Crippen LogP contribution is 2.31. The lowest BCUT2D eigenvalue weighted by Gasteiger charge is -2.10. The molecule has 2 heterocycles. The molecule has 0 saturated heterocycles. The van der Waals surface area contributed by atoms with Crippen LogP contribution in [0.2, 0.25) is 0 Å². The lowest BCUT2D eigenvalue weighted by atomic mass is 10.2. The number of hydrogen-bond acceptors (Lipinski definition) is 5. The van der Waals surface area contributed by atoms with Crippen molar-refractivity contribution in [3.05, 3.63) is 40.6 Å². The zero-order valence-corrected chi connectivity index (χ0v) is 13.1. The summed E-state index contributed by atoms with van der Waals surface area (Å²) in [6.45, 7) is 4.83. The van der Waals surface area contributed by atoms with E-state index in [9.17, 15) is 0 Å². The maximum absolute atomic E-state index is 5.52. The minimum absolute atomic E-state index is 0.271. The summed E-state index contributed by atoms with van der Waals surface area (Å²) in [5.74, 6) is 0.904. The zero-order valence-electron chi connectivity index (χ0n) is 11.4. The number of anilines is 1. The van der Waals surface area contributed by atoms with Crippen LogP contribution in [0.15, 0.2) is 35.0 Å².